The topological polar surface area (TPSA) is 88.4 Å². The minimum absolute atomic E-state index is 0.178. The Morgan fingerprint density at radius 3 is 2.64 bits per heavy atom. The minimum atomic E-state index is -0.979. The zero-order chi connectivity index (χ0) is 18.4. The van der Waals surface area contributed by atoms with E-state index >= 15 is 0 Å². The van der Waals surface area contributed by atoms with E-state index in [9.17, 15) is 14.0 Å². The van der Waals surface area contributed by atoms with E-state index in [1.54, 1.807) is 0 Å². The van der Waals surface area contributed by atoms with Crippen LogP contribution in [0.25, 0.3) is 0 Å². The number of rotatable bonds is 5. The summed E-state index contributed by atoms with van der Waals surface area (Å²) in [7, 11) is 1.37. The van der Waals surface area contributed by atoms with Gasteiger partial charge >= 0.3 is 5.97 Å². The number of hydrogen-bond donors (Lipinski definition) is 1. The monoisotopic (exact) mass is 362 g/mol. The van der Waals surface area contributed by atoms with Crippen LogP contribution < -0.4 is 10.1 Å². The molecule has 2 aromatic rings. The average Bonchev–Trinajstić information content (AvgIpc) is 2.59. The van der Waals surface area contributed by atoms with Crippen molar-refractivity contribution in [2.75, 3.05) is 19.0 Å². The predicted octanol–water partition coefficient (Wildman–Crippen LogP) is 3.15. The molecular weight excluding hydrogens is 351 g/mol. The molecule has 6 nitrogen and oxygen atoms in total. The number of nitrogens with zero attached hydrogens (tertiary/aromatic N) is 1. The zero-order valence-electron chi connectivity index (χ0n) is 13.0. The summed E-state index contributed by atoms with van der Waals surface area (Å²) < 4.78 is 23.4. The molecule has 0 atom stereocenters. The van der Waals surface area contributed by atoms with Gasteiger partial charge in [0.1, 0.15) is 17.6 Å². The Balaban J connectivity index is 1.94. The SMILES string of the molecule is COc1ccc(C(=O)OCC(=O)Nc2ccc(C#N)c(Cl)c2)c(F)c1. The Morgan fingerprint density at radius 1 is 1.28 bits per heavy atom. The summed E-state index contributed by atoms with van der Waals surface area (Å²) in [5, 5.41) is 11.4. The molecule has 0 fully saturated rings. The van der Waals surface area contributed by atoms with Crippen LogP contribution in [0.1, 0.15) is 15.9 Å². The summed E-state index contributed by atoms with van der Waals surface area (Å²) >= 11 is 5.85. The second-order valence-corrected chi connectivity index (χ2v) is 5.18. The van der Waals surface area contributed by atoms with Crippen molar-refractivity contribution in [1.29, 1.82) is 5.26 Å². The minimum Gasteiger partial charge on any atom is -0.497 e. The van der Waals surface area contributed by atoms with Crippen LogP contribution in [0.4, 0.5) is 10.1 Å². The summed E-state index contributed by atoms with van der Waals surface area (Å²) in [6.07, 6.45) is 0. The van der Waals surface area contributed by atoms with Crippen LogP contribution >= 0.6 is 11.6 Å². The average molecular weight is 363 g/mol. The van der Waals surface area contributed by atoms with Gasteiger partial charge in [-0.1, -0.05) is 11.6 Å². The van der Waals surface area contributed by atoms with E-state index in [-0.39, 0.29) is 21.9 Å². The zero-order valence-corrected chi connectivity index (χ0v) is 13.8. The van der Waals surface area contributed by atoms with E-state index in [2.05, 4.69) is 5.32 Å². The third kappa shape index (κ3) is 4.68. The highest BCUT2D eigenvalue weighted by molar-refractivity contribution is 6.32. The number of nitrogens with one attached hydrogen (secondary N) is 1. The van der Waals surface area contributed by atoms with Crippen LogP contribution in [0.2, 0.25) is 5.02 Å². The van der Waals surface area contributed by atoms with Gasteiger partial charge in [0.15, 0.2) is 6.61 Å². The first-order chi connectivity index (χ1) is 11.9. The lowest BCUT2D eigenvalue weighted by molar-refractivity contribution is -0.119. The molecule has 8 heteroatoms. The largest absolute Gasteiger partial charge is 0.497 e. The second kappa shape index (κ2) is 8.13. The molecule has 1 amide bonds. The quantitative estimate of drug-likeness (QED) is 0.825. The van der Waals surface area contributed by atoms with Crippen molar-refractivity contribution < 1.29 is 23.5 Å². The van der Waals surface area contributed by atoms with Crippen LogP contribution in [-0.4, -0.2) is 25.6 Å². The number of methoxy groups -OCH3 is 1. The number of benzene rings is 2. The Kier molecular flexibility index (Phi) is 5.93. The first-order valence-electron chi connectivity index (χ1n) is 6.94. The molecule has 0 unspecified atom stereocenters. The highest BCUT2D eigenvalue weighted by Gasteiger charge is 2.16. The van der Waals surface area contributed by atoms with Gasteiger partial charge in [0.2, 0.25) is 0 Å². The molecular formula is C17H12ClFN2O4. The molecule has 0 radical (unpaired) electrons. The molecule has 0 bridgehead atoms. The number of carbonyl (C=O) groups is 2. The van der Waals surface area contributed by atoms with Crippen molar-refractivity contribution in [3.8, 4) is 11.8 Å². The molecule has 2 aromatic carbocycles. The third-order valence-corrected chi connectivity index (χ3v) is 3.42. The van der Waals surface area contributed by atoms with E-state index < -0.39 is 24.3 Å². The number of esters is 1. The molecule has 0 heterocycles. The third-order valence-electron chi connectivity index (χ3n) is 3.10. The van der Waals surface area contributed by atoms with Gasteiger partial charge in [-0.15, -0.1) is 0 Å². The predicted molar refractivity (Wildman–Crippen MR) is 88.0 cm³/mol. The summed E-state index contributed by atoms with van der Waals surface area (Å²) in [4.78, 5) is 23.6. The summed E-state index contributed by atoms with van der Waals surface area (Å²) in [6, 6.07) is 9.84. The maximum Gasteiger partial charge on any atom is 0.341 e. The number of halogens is 2. The van der Waals surface area contributed by atoms with E-state index in [0.29, 0.717) is 5.69 Å². The number of ether oxygens (including phenoxy) is 2. The number of amides is 1. The van der Waals surface area contributed by atoms with Gasteiger partial charge in [0.05, 0.1) is 23.3 Å². The van der Waals surface area contributed by atoms with Crippen LogP contribution in [-0.2, 0) is 9.53 Å². The number of hydrogen-bond acceptors (Lipinski definition) is 5. The van der Waals surface area contributed by atoms with Crippen molar-refractivity contribution in [2.45, 2.75) is 0 Å². The van der Waals surface area contributed by atoms with Crippen molar-refractivity contribution in [3.05, 3.63) is 58.4 Å². The van der Waals surface area contributed by atoms with Gasteiger partial charge in [-0.2, -0.15) is 5.26 Å². The Hall–Kier alpha value is -3.11. The molecule has 128 valence electrons. The molecule has 0 saturated carbocycles. The van der Waals surface area contributed by atoms with Gasteiger partial charge < -0.3 is 14.8 Å². The smallest absolute Gasteiger partial charge is 0.341 e. The lowest BCUT2D eigenvalue weighted by Crippen LogP contribution is -2.21. The van der Waals surface area contributed by atoms with Crippen molar-refractivity contribution in [2.24, 2.45) is 0 Å². The van der Waals surface area contributed by atoms with Gasteiger partial charge in [-0.05, 0) is 30.3 Å². The highest BCUT2D eigenvalue weighted by atomic mass is 35.5. The number of nitriles is 1. The molecule has 0 aliphatic rings. The Morgan fingerprint density at radius 2 is 2.04 bits per heavy atom. The van der Waals surface area contributed by atoms with Gasteiger partial charge in [-0.3, -0.25) is 4.79 Å². The second-order valence-electron chi connectivity index (χ2n) is 4.78. The summed E-state index contributed by atoms with van der Waals surface area (Å²) in [5.41, 5.74) is 0.289. The summed E-state index contributed by atoms with van der Waals surface area (Å²) in [6.45, 7) is -0.609. The van der Waals surface area contributed by atoms with E-state index in [0.717, 1.165) is 6.07 Å². The van der Waals surface area contributed by atoms with Gasteiger partial charge in [0.25, 0.3) is 5.91 Å². The Labute approximate surface area is 147 Å². The lowest BCUT2D eigenvalue weighted by atomic mass is 10.2. The normalized spacial score (nSPS) is 9.84. The molecule has 25 heavy (non-hydrogen) atoms. The molecule has 0 aliphatic carbocycles. The van der Waals surface area contributed by atoms with Crippen LogP contribution in [0.15, 0.2) is 36.4 Å². The standard InChI is InChI=1S/C17H12ClFN2O4/c1-24-12-4-5-13(15(19)7-12)17(23)25-9-16(22)21-11-3-2-10(8-20)14(18)6-11/h2-7H,9H2,1H3,(H,21,22). The lowest BCUT2D eigenvalue weighted by Gasteiger charge is -2.08. The maximum atomic E-state index is 13.8. The van der Waals surface area contributed by atoms with Crippen molar-refractivity contribution in [3.63, 3.8) is 0 Å². The van der Waals surface area contributed by atoms with Gasteiger partial charge in [0, 0.05) is 11.8 Å². The molecule has 0 aromatic heterocycles. The molecule has 2 rings (SSSR count). The van der Waals surface area contributed by atoms with E-state index in [1.165, 1.54) is 37.4 Å². The first kappa shape index (κ1) is 18.2. The maximum absolute atomic E-state index is 13.8. The fourth-order valence-corrected chi connectivity index (χ4v) is 2.10. The summed E-state index contributed by atoms with van der Waals surface area (Å²) in [5.74, 6) is -2.18. The van der Waals surface area contributed by atoms with Crippen LogP contribution in [0.3, 0.4) is 0 Å². The molecule has 0 saturated heterocycles. The molecule has 1 N–H and O–H groups in total. The van der Waals surface area contributed by atoms with E-state index in [4.69, 9.17) is 26.3 Å². The first-order valence-corrected chi connectivity index (χ1v) is 7.32. The van der Waals surface area contributed by atoms with E-state index in [1.807, 2.05) is 6.07 Å². The highest BCUT2D eigenvalue weighted by Crippen LogP contribution is 2.20. The fraction of sp³-hybridized carbons (Fsp3) is 0.118. The Bertz CT molecular complexity index is 864. The number of anilines is 1. The molecule has 0 spiro atoms. The van der Waals surface area contributed by atoms with Crippen LogP contribution in [0.5, 0.6) is 5.75 Å². The van der Waals surface area contributed by atoms with Crippen molar-refractivity contribution in [1.82, 2.24) is 0 Å². The van der Waals surface area contributed by atoms with Crippen LogP contribution in [0, 0.1) is 17.1 Å². The fourth-order valence-electron chi connectivity index (χ4n) is 1.88. The van der Waals surface area contributed by atoms with Crippen molar-refractivity contribution >= 4 is 29.2 Å². The molecule has 0 aliphatic heterocycles. The number of carbonyl (C=O) groups excluding carboxylic acids is 2. The van der Waals surface area contributed by atoms with Gasteiger partial charge in [-0.25, -0.2) is 9.18 Å².